The largest absolute Gasteiger partial charge is 0.478 e. The van der Waals surface area contributed by atoms with E-state index in [2.05, 4.69) is 9.97 Å². The van der Waals surface area contributed by atoms with E-state index < -0.39 is 5.97 Å². The van der Waals surface area contributed by atoms with Gasteiger partial charge in [-0.1, -0.05) is 0 Å². The number of nitrogens with zero attached hydrogens (tertiary/aromatic N) is 5. The maximum Gasteiger partial charge on any atom is 0.337 e. The van der Waals surface area contributed by atoms with Gasteiger partial charge < -0.3 is 19.5 Å². The smallest absolute Gasteiger partial charge is 0.337 e. The normalized spacial score (nSPS) is 13.8. The molecule has 3 aromatic rings. The lowest BCUT2D eigenvalue weighted by Crippen LogP contribution is -2.50. The van der Waals surface area contributed by atoms with Crippen molar-refractivity contribution in [1.82, 2.24) is 24.3 Å². The minimum absolute atomic E-state index is 0.128. The van der Waals surface area contributed by atoms with Crippen LogP contribution in [0.3, 0.4) is 0 Å². The van der Waals surface area contributed by atoms with Crippen LogP contribution in [0, 0.1) is 20.8 Å². The summed E-state index contributed by atoms with van der Waals surface area (Å²) in [6.45, 7) is 7.11. The Kier molecular flexibility index (Phi) is 5.95. The van der Waals surface area contributed by atoms with E-state index in [0.29, 0.717) is 37.4 Å². The zero-order valence-corrected chi connectivity index (χ0v) is 18.8. The Morgan fingerprint density at radius 1 is 0.818 bits per heavy atom. The topological polar surface area (TPSA) is 109 Å². The molecule has 0 radical (unpaired) electrons. The summed E-state index contributed by atoms with van der Waals surface area (Å²) in [5.41, 5.74) is 3.78. The Morgan fingerprint density at radius 2 is 1.42 bits per heavy atom. The average molecular weight is 447 g/mol. The van der Waals surface area contributed by atoms with Crippen LogP contribution in [0.1, 0.15) is 48.3 Å². The van der Waals surface area contributed by atoms with Crippen molar-refractivity contribution in [3.63, 3.8) is 0 Å². The highest BCUT2D eigenvalue weighted by molar-refractivity contribution is 5.99. The van der Waals surface area contributed by atoms with Crippen LogP contribution in [0.4, 0.5) is 0 Å². The van der Waals surface area contributed by atoms with Gasteiger partial charge in [-0.15, -0.1) is 0 Å². The Morgan fingerprint density at radius 3 is 1.97 bits per heavy atom. The van der Waals surface area contributed by atoms with Crippen LogP contribution in [-0.2, 0) is 0 Å². The predicted octanol–water partition coefficient (Wildman–Crippen LogP) is 2.49. The van der Waals surface area contributed by atoms with Gasteiger partial charge in [-0.2, -0.15) is 0 Å². The third-order valence-electron chi connectivity index (χ3n) is 5.84. The van der Waals surface area contributed by atoms with Crippen LogP contribution in [-0.4, -0.2) is 73.4 Å². The molecule has 1 saturated heterocycles. The van der Waals surface area contributed by atoms with Crippen LogP contribution < -0.4 is 0 Å². The first-order valence-electron chi connectivity index (χ1n) is 10.7. The lowest BCUT2D eigenvalue weighted by molar-refractivity contribution is 0.0532. The molecular weight excluding hydrogens is 422 g/mol. The molecule has 9 heteroatoms. The minimum Gasteiger partial charge on any atom is -0.478 e. The van der Waals surface area contributed by atoms with Crippen molar-refractivity contribution in [3.05, 3.63) is 76.6 Å². The highest BCUT2D eigenvalue weighted by Gasteiger charge is 2.27. The summed E-state index contributed by atoms with van der Waals surface area (Å²) in [6.07, 6.45) is 3.02. The molecule has 4 rings (SSSR count). The minimum atomic E-state index is -1.05. The Balaban J connectivity index is 1.52. The Bertz CT molecular complexity index is 1200. The number of carbonyl (C=O) groups is 3. The monoisotopic (exact) mass is 447 g/mol. The molecule has 3 heterocycles. The number of amides is 2. The van der Waals surface area contributed by atoms with Gasteiger partial charge in [0.1, 0.15) is 5.69 Å². The van der Waals surface area contributed by atoms with Crippen molar-refractivity contribution in [3.8, 4) is 5.69 Å². The second-order valence-corrected chi connectivity index (χ2v) is 8.12. The van der Waals surface area contributed by atoms with E-state index in [4.69, 9.17) is 0 Å². The van der Waals surface area contributed by atoms with E-state index in [1.807, 2.05) is 30.5 Å². The van der Waals surface area contributed by atoms with Crippen molar-refractivity contribution in [2.45, 2.75) is 20.8 Å². The quantitative estimate of drug-likeness (QED) is 0.658. The number of aryl methyl sites for hydroxylation is 3. The number of carbonyl (C=O) groups excluding carboxylic acids is 2. The Labute approximate surface area is 191 Å². The van der Waals surface area contributed by atoms with Gasteiger partial charge in [0.05, 0.1) is 23.1 Å². The fraction of sp³-hybridized carbons (Fsp3) is 0.292. The molecule has 0 atom stereocenters. The van der Waals surface area contributed by atoms with Gasteiger partial charge in [-0.25, -0.2) is 9.78 Å². The molecule has 0 spiro atoms. The summed E-state index contributed by atoms with van der Waals surface area (Å²) >= 11 is 0. The number of carboxylic acid groups (broad SMARTS) is 1. The van der Waals surface area contributed by atoms with Crippen molar-refractivity contribution >= 4 is 17.8 Å². The number of carboxylic acids is 1. The van der Waals surface area contributed by atoms with Crippen molar-refractivity contribution in [1.29, 1.82) is 0 Å². The van der Waals surface area contributed by atoms with Crippen molar-refractivity contribution in [2.75, 3.05) is 26.2 Å². The van der Waals surface area contributed by atoms with Gasteiger partial charge in [-0.3, -0.25) is 14.6 Å². The summed E-state index contributed by atoms with van der Waals surface area (Å²) in [6, 6.07) is 8.46. The number of benzene rings is 1. The summed E-state index contributed by atoms with van der Waals surface area (Å²) in [7, 11) is 0. The molecule has 1 aliphatic rings. The van der Waals surface area contributed by atoms with Gasteiger partial charge in [-0.05, 0) is 51.1 Å². The zero-order valence-electron chi connectivity index (χ0n) is 18.8. The predicted molar refractivity (Wildman–Crippen MR) is 121 cm³/mol. The first kappa shape index (κ1) is 22.2. The molecular formula is C24H25N5O4. The molecule has 1 fully saturated rings. The summed E-state index contributed by atoms with van der Waals surface area (Å²) in [5.74, 6) is -1.46. The molecule has 2 amide bonds. The van der Waals surface area contributed by atoms with Gasteiger partial charge in [0.2, 0.25) is 0 Å². The van der Waals surface area contributed by atoms with E-state index in [1.54, 1.807) is 35.1 Å². The van der Waals surface area contributed by atoms with E-state index >= 15 is 0 Å². The van der Waals surface area contributed by atoms with Crippen LogP contribution >= 0.6 is 0 Å². The third kappa shape index (κ3) is 4.34. The van der Waals surface area contributed by atoms with Crippen LogP contribution in [0.15, 0.2) is 42.7 Å². The van der Waals surface area contributed by atoms with Crippen LogP contribution in [0.25, 0.3) is 5.69 Å². The highest BCUT2D eigenvalue weighted by Crippen LogP contribution is 2.23. The number of aromatic nitrogens is 3. The van der Waals surface area contributed by atoms with E-state index in [9.17, 15) is 19.5 Å². The summed E-state index contributed by atoms with van der Waals surface area (Å²) in [4.78, 5) is 49.3. The number of hydrogen-bond donors (Lipinski definition) is 1. The highest BCUT2D eigenvalue weighted by atomic mass is 16.4. The van der Waals surface area contributed by atoms with E-state index in [0.717, 1.165) is 17.1 Å². The molecule has 33 heavy (non-hydrogen) atoms. The fourth-order valence-corrected chi connectivity index (χ4v) is 4.04. The van der Waals surface area contributed by atoms with Gasteiger partial charge >= 0.3 is 5.97 Å². The van der Waals surface area contributed by atoms with Gasteiger partial charge in [0.15, 0.2) is 0 Å². The number of hydrogen-bond acceptors (Lipinski definition) is 5. The number of aromatic carboxylic acids is 1. The molecule has 1 aromatic carbocycles. The molecule has 1 N–H and O–H groups in total. The summed E-state index contributed by atoms with van der Waals surface area (Å²) < 4.78 is 1.83. The zero-order chi connectivity index (χ0) is 23.7. The maximum absolute atomic E-state index is 13.2. The fourth-order valence-electron chi connectivity index (χ4n) is 4.04. The molecule has 0 saturated carbocycles. The van der Waals surface area contributed by atoms with Crippen LogP contribution in [0.5, 0.6) is 0 Å². The third-order valence-corrected chi connectivity index (χ3v) is 5.84. The van der Waals surface area contributed by atoms with Crippen LogP contribution in [0.2, 0.25) is 0 Å². The molecule has 0 bridgehead atoms. The lowest BCUT2D eigenvalue weighted by atomic mass is 10.1. The molecule has 170 valence electrons. The van der Waals surface area contributed by atoms with E-state index in [1.165, 1.54) is 12.3 Å². The Hall–Kier alpha value is -4.01. The standard InChI is InChI=1S/C24H25N5O4/c1-15-13-26-20(14-25-15)23(31)28-10-8-27(9-11-28)22(30)18-6-7-19(24(32)33)21(12-18)29-16(2)4-5-17(29)3/h4-7,12-14H,8-11H2,1-3H3,(H,32,33). The molecule has 0 aliphatic carbocycles. The lowest BCUT2D eigenvalue weighted by Gasteiger charge is -2.34. The number of rotatable bonds is 4. The average Bonchev–Trinajstić information content (AvgIpc) is 3.16. The molecule has 2 aromatic heterocycles. The number of piperazine rings is 1. The van der Waals surface area contributed by atoms with Crippen molar-refractivity contribution in [2.24, 2.45) is 0 Å². The maximum atomic E-state index is 13.2. The molecule has 0 unspecified atom stereocenters. The van der Waals surface area contributed by atoms with Crippen molar-refractivity contribution < 1.29 is 19.5 Å². The van der Waals surface area contributed by atoms with E-state index in [-0.39, 0.29) is 23.1 Å². The molecule has 9 nitrogen and oxygen atoms in total. The second-order valence-electron chi connectivity index (χ2n) is 8.12. The molecule has 1 aliphatic heterocycles. The SMILES string of the molecule is Cc1cnc(C(=O)N2CCN(C(=O)c3ccc(C(=O)O)c(-n4c(C)ccc4C)c3)CC2)cn1. The summed E-state index contributed by atoms with van der Waals surface area (Å²) in [5, 5.41) is 9.66. The van der Waals surface area contributed by atoms with Gasteiger partial charge in [0.25, 0.3) is 11.8 Å². The van der Waals surface area contributed by atoms with Gasteiger partial charge in [0, 0.05) is 49.3 Å². The first-order chi connectivity index (χ1) is 15.8. The second kappa shape index (κ2) is 8.85. The first-order valence-corrected chi connectivity index (χ1v) is 10.7.